The Morgan fingerprint density at radius 3 is 1.19 bits per heavy atom. The third-order valence-corrected chi connectivity index (χ3v) is 5.39. The zero-order chi connectivity index (χ0) is 24.8. The predicted octanol–water partition coefficient (Wildman–Crippen LogP) is 2.83. The number of aromatic nitrogens is 8. The Balaban J connectivity index is 1.49. The largest absolute Gasteiger partial charge is 0.224 e. The molecule has 0 N–H and O–H groups in total. The molecule has 4 aromatic heterocycles. The third kappa shape index (κ3) is 3.16. The summed E-state index contributed by atoms with van der Waals surface area (Å²) in [4.78, 5) is 34.9. The van der Waals surface area contributed by atoms with Gasteiger partial charge in [-0.2, -0.15) is 10.5 Å². The van der Waals surface area contributed by atoms with Gasteiger partial charge < -0.3 is 0 Å². The van der Waals surface area contributed by atoms with Crippen molar-refractivity contribution in [1.82, 2.24) is 39.9 Å². The average molecular weight is 460 g/mol. The van der Waals surface area contributed by atoms with Crippen molar-refractivity contribution in [2.45, 2.75) is 0 Å². The van der Waals surface area contributed by atoms with E-state index in [1.54, 1.807) is 6.07 Å². The predicted molar refractivity (Wildman–Crippen MR) is 130 cm³/mol. The zero-order valence-corrected chi connectivity index (χ0v) is 18.1. The van der Waals surface area contributed by atoms with Gasteiger partial charge in [-0.1, -0.05) is 12.1 Å². The second kappa shape index (κ2) is 7.74. The molecule has 2 aromatic carbocycles. The number of hydrogen-bond acceptors (Lipinski definition) is 10. The van der Waals surface area contributed by atoms with Crippen LogP contribution in [0.15, 0.2) is 36.4 Å². The van der Waals surface area contributed by atoms with Crippen LogP contribution in [0.25, 0.3) is 55.8 Å². The fraction of sp³-hybridized carbons (Fsp3) is 0. The van der Waals surface area contributed by atoms with E-state index in [1.165, 1.54) is 0 Å². The van der Waals surface area contributed by atoms with Gasteiger partial charge in [0, 0.05) is 0 Å². The van der Waals surface area contributed by atoms with E-state index in [2.05, 4.69) is 51.7 Å². The molecule has 0 fully saturated rings. The zero-order valence-electron chi connectivity index (χ0n) is 18.1. The summed E-state index contributed by atoms with van der Waals surface area (Å²) in [6.07, 6.45) is 11.0. The smallest absolute Gasteiger partial charge is 0.199 e. The van der Waals surface area contributed by atoms with Crippen molar-refractivity contribution < 1.29 is 0 Å². The normalized spacial score (nSPS) is 10.7. The molecular weight excluding hydrogens is 452 g/mol. The van der Waals surface area contributed by atoms with E-state index >= 15 is 0 Å². The van der Waals surface area contributed by atoms with Crippen LogP contribution in [-0.4, -0.2) is 39.9 Å². The summed E-state index contributed by atoms with van der Waals surface area (Å²) in [5.74, 6) is 4.85. The SMILES string of the molecule is C#Cc1nc2nc3ccc(-c4ccc5nc6nc(C#N)c(C#N)nc6nc5c4)cc3nc2nc1C#C. The molecule has 162 valence electrons. The van der Waals surface area contributed by atoms with Crippen LogP contribution in [0.4, 0.5) is 0 Å². The molecule has 0 unspecified atom stereocenters. The maximum absolute atomic E-state index is 9.23. The minimum absolute atomic E-state index is 0.0883. The molecule has 0 saturated carbocycles. The Kier molecular flexibility index (Phi) is 4.41. The van der Waals surface area contributed by atoms with Crippen LogP contribution in [-0.2, 0) is 0 Å². The van der Waals surface area contributed by atoms with Gasteiger partial charge in [-0.15, -0.1) is 12.8 Å². The van der Waals surface area contributed by atoms with Gasteiger partial charge in [0.05, 0.1) is 22.1 Å². The van der Waals surface area contributed by atoms with E-state index in [4.69, 9.17) is 12.8 Å². The number of hydrogen-bond donors (Lipinski definition) is 0. The quantitative estimate of drug-likeness (QED) is 0.264. The molecule has 0 aliphatic carbocycles. The molecule has 6 aromatic rings. The molecule has 10 nitrogen and oxygen atoms in total. The molecule has 4 heterocycles. The summed E-state index contributed by atoms with van der Waals surface area (Å²) < 4.78 is 0. The average Bonchev–Trinajstić information content (AvgIpc) is 2.92. The molecule has 0 bridgehead atoms. The van der Waals surface area contributed by atoms with Gasteiger partial charge in [0.1, 0.15) is 23.5 Å². The fourth-order valence-electron chi connectivity index (χ4n) is 3.72. The van der Waals surface area contributed by atoms with Crippen LogP contribution in [0, 0.1) is 47.3 Å². The van der Waals surface area contributed by atoms with Crippen LogP contribution in [0.3, 0.4) is 0 Å². The highest BCUT2D eigenvalue weighted by Gasteiger charge is 2.13. The molecule has 0 aliphatic rings. The number of fused-ring (bicyclic) bond motifs is 4. The minimum Gasteiger partial charge on any atom is -0.224 e. The number of nitrogens with zero attached hydrogens (tertiary/aromatic N) is 10. The maximum Gasteiger partial charge on any atom is 0.199 e. The second-order valence-corrected chi connectivity index (χ2v) is 7.50. The summed E-state index contributed by atoms with van der Waals surface area (Å²) in [7, 11) is 0. The van der Waals surface area contributed by atoms with E-state index < -0.39 is 0 Å². The molecule has 36 heavy (non-hydrogen) atoms. The first-order valence-electron chi connectivity index (χ1n) is 10.3. The van der Waals surface area contributed by atoms with Gasteiger partial charge >= 0.3 is 0 Å². The summed E-state index contributed by atoms with van der Waals surface area (Å²) in [5.41, 5.74) is 5.33. The molecular formula is C26H8N10. The summed E-state index contributed by atoms with van der Waals surface area (Å²) in [6.45, 7) is 0. The van der Waals surface area contributed by atoms with Gasteiger partial charge in [0.2, 0.25) is 0 Å². The molecule has 0 amide bonds. The fourth-order valence-corrected chi connectivity index (χ4v) is 3.72. The number of nitriles is 2. The summed E-state index contributed by atoms with van der Waals surface area (Å²) in [5, 5.41) is 18.4. The van der Waals surface area contributed by atoms with Gasteiger partial charge in [-0.25, -0.2) is 39.9 Å². The number of benzene rings is 2. The summed E-state index contributed by atoms with van der Waals surface area (Å²) >= 11 is 0. The second-order valence-electron chi connectivity index (χ2n) is 7.50. The van der Waals surface area contributed by atoms with E-state index in [0.29, 0.717) is 33.4 Å². The molecule has 0 radical (unpaired) electrons. The Labute approximate surface area is 202 Å². The Bertz CT molecular complexity index is 1950. The van der Waals surface area contributed by atoms with Crippen molar-refractivity contribution in [2.75, 3.05) is 0 Å². The molecule has 0 atom stereocenters. The van der Waals surface area contributed by atoms with Crippen LogP contribution in [0.1, 0.15) is 22.8 Å². The Hall–Kier alpha value is -6.10. The van der Waals surface area contributed by atoms with Crippen molar-refractivity contribution in [3.63, 3.8) is 0 Å². The van der Waals surface area contributed by atoms with Crippen molar-refractivity contribution in [2.24, 2.45) is 0 Å². The first-order chi connectivity index (χ1) is 17.6. The number of terminal acetylenes is 2. The van der Waals surface area contributed by atoms with E-state index in [0.717, 1.165) is 11.1 Å². The van der Waals surface area contributed by atoms with E-state index in [9.17, 15) is 10.5 Å². The molecule has 6 rings (SSSR count). The molecule has 0 aliphatic heterocycles. The highest BCUT2D eigenvalue weighted by Crippen LogP contribution is 2.27. The third-order valence-electron chi connectivity index (χ3n) is 5.39. The van der Waals surface area contributed by atoms with Crippen molar-refractivity contribution >= 4 is 44.7 Å². The maximum atomic E-state index is 9.23. The van der Waals surface area contributed by atoms with Gasteiger partial charge in [0.25, 0.3) is 0 Å². The lowest BCUT2D eigenvalue weighted by Gasteiger charge is -2.07. The van der Waals surface area contributed by atoms with Gasteiger partial charge in [-0.3, -0.25) is 0 Å². The lowest BCUT2D eigenvalue weighted by Crippen LogP contribution is -2.00. The highest BCUT2D eigenvalue weighted by atomic mass is 15.0. The standard InChI is InChI=1S/C26H8N10/c1-3-15-16(4-2)30-24-23(29-15)31-17-7-5-13(9-19(17)33-24)14-6-8-18-20(10-14)34-26-25(32-18)35-21(11-27)22(12-28)36-26/h1-2,5-10H. The van der Waals surface area contributed by atoms with Crippen LogP contribution in [0.2, 0.25) is 0 Å². The Morgan fingerprint density at radius 2 is 0.833 bits per heavy atom. The van der Waals surface area contributed by atoms with Crippen molar-refractivity contribution in [3.05, 3.63) is 59.2 Å². The van der Waals surface area contributed by atoms with E-state index in [-0.39, 0.29) is 34.1 Å². The number of rotatable bonds is 1. The van der Waals surface area contributed by atoms with Crippen LogP contribution < -0.4 is 0 Å². The van der Waals surface area contributed by atoms with Gasteiger partial charge in [-0.05, 0) is 47.2 Å². The molecule has 10 heteroatoms. The topological polar surface area (TPSA) is 151 Å². The molecule has 0 saturated heterocycles. The lowest BCUT2D eigenvalue weighted by molar-refractivity contribution is 1.14. The van der Waals surface area contributed by atoms with Gasteiger partial charge in [0.15, 0.2) is 34.0 Å². The van der Waals surface area contributed by atoms with Crippen molar-refractivity contribution in [3.8, 4) is 48.0 Å². The lowest BCUT2D eigenvalue weighted by atomic mass is 10.0. The minimum atomic E-state index is -0.0967. The first-order valence-corrected chi connectivity index (χ1v) is 10.3. The Morgan fingerprint density at radius 1 is 0.472 bits per heavy atom. The summed E-state index contributed by atoms with van der Waals surface area (Å²) in [6, 6.07) is 14.8. The molecule has 0 spiro atoms. The van der Waals surface area contributed by atoms with Crippen LogP contribution >= 0.6 is 0 Å². The van der Waals surface area contributed by atoms with Crippen molar-refractivity contribution in [1.29, 1.82) is 10.5 Å². The highest BCUT2D eigenvalue weighted by molar-refractivity contribution is 5.90. The first kappa shape index (κ1) is 20.5. The van der Waals surface area contributed by atoms with Crippen LogP contribution in [0.5, 0.6) is 0 Å². The monoisotopic (exact) mass is 460 g/mol. The van der Waals surface area contributed by atoms with E-state index in [1.807, 2.05) is 42.5 Å².